The molecule has 26 heavy (non-hydrogen) atoms. The van der Waals surface area contributed by atoms with Crippen molar-refractivity contribution in [3.8, 4) is 0 Å². The predicted molar refractivity (Wildman–Crippen MR) is 104 cm³/mol. The Morgan fingerprint density at radius 2 is 1.38 bits per heavy atom. The summed E-state index contributed by atoms with van der Waals surface area (Å²) in [6, 6.07) is -3.90. The van der Waals surface area contributed by atoms with Crippen molar-refractivity contribution in [3.63, 3.8) is 0 Å². The average molecular weight is 409 g/mol. The number of thiol groups is 2. The number of hydrogen-bond donors (Lipinski definition) is 7. The normalized spacial score (nSPS) is 15.5. The summed E-state index contributed by atoms with van der Waals surface area (Å²) in [6.07, 6.45) is 0.474. The van der Waals surface area contributed by atoms with Gasteiger partial charge in [-0.2, -0.15) is 25.3 Å². The van der Waals surface area contributed by atoms with Gasteiger partial charge in [-0.1, -0.05) is 13.8 Å². The highest BCUT2D eigenvalue weighted by Gasteiger charge is 2.27. The highest BCUT2D eigenvalue weighted by molar-refractivity contribution is 7.80. The Labute approximate surface area is 164 Å². The van der Waals surface area contributed by atoms with Crippen LogP contribution in [-0.4, -0.2) is 64.5 Å². The molecule has 0 radical (unpaired) electrons. The van der Waals surface area contributed by atoms with Crippen LogP contribution in [0.4, 0.5) is 0 Å². The summed E-state index contributed by atoms with van der Waals surface area (Å²) >= 11 is 7.84. The molecule has 0 aliphatic carbocycles. The third-order valence-electron chi connectivity index (χ3n) is 3.43. The Hall–Kier alpha value is -1.46. The fourth-order valence-electron chi connectivity index (χ4n) is 1.95. The maximum atomic E-state index is 12.2. The van der Waals surface area contributed by atoms with Crippen molar-refractivity contribution in [2.24, 2.45) is 11.7 Å². The molecule has 0 rings (SSSR count). The molecule has 0 aromatic rings. The fourth-order valence-corrected chi connectivity index (χ4v) is 2.45. The second kappa shape index (κ2) is 12.0. The van der Waals surface area contributed by atoms with E-state index in [9.17, 15) is 19.2 Å². The number of rotatable bonds is 11. The molecule has 4 atom stereocenters. The minimum Gasteiger partial charge on any atom is -0.480 e. The van der Waals surface area contributed by atoms with Crippen LogP contribution >= 0.6 is 25.3 Å². The van der Waals surface area contributed by atoms with Gasteiger partial charge in [0.25, 0.3) is 0 Å². The first-order valence-electron chi connectivity index (χ1n) is 8.14. The monoisotopic (exact) mass is 408 g/mol. The van der Waals surface area contributed by atoms with E-state index in [0.717, 1.165) is 0 Å². The van der Waals surface area contributed by atoms with Gasteiger partial charge in [0.15, 0.2) is 0 Å². The van der Waals surface area contributed by atoms with E-state index < -0.39 is 47.9 Å². The van der Waals surface area contributed by atoms with Crippen LogP contribution < -0.4 is 21.7 Å². The molecule has 0 spiro atoms. The minimum atomic E-state index is -1.24. The lowest BCUT2D eigenvalue weighted by Gasteiger charge is -2.22. The molecule has 0 saturated carbocycles. The highest BCUT2D eigenvalue weighted by Crippen LogP contribution is 2.03. The van der Waals surface area contributed by atoms with E-state index in [-0.39, 0.29) is 17.4 Å². The average Bonchev–Trinajstić information content (AvgIpc) is 2.55. The number of aliphatic carboxylic acids is 1. The molecule has 9 nitrogen and oxygen atoms in total. The summed E-state index contributed by atoms with van der Waals surface area (Å²) in [6.45, 7) is 5.30. The van der Waals surface area contributed by atoms with Gasteiger partial charge in [-0.05, 0) is 19.3 Å². The second-order valence-electron chi connectivity index (χ2n) is 6.29. The van der Waals surface area contributed by atoms with Crippen LogP contribution in [0.25, 0.3) is 0 Å². The van der Waals surface area contributed by atoms with E-state index in [4.69, 9.17) is 10.8 Å². The lowest BCUT2D eigenvalue weighted by molar-refractivity contribution is -0.141. The Balaban J connectivity index is 4.71. The summed E-state index contributed by atoms with van der Waals surface area (Å²) in [5.41, 5.74) is 5.76. The number of nitrogens with one attached hydrogen (secondary N) is 3. The molecule has 0 aliphatic heterocycles. The van der Waals surface area contributed by atoms with Crippen molar-refractivity contribution in [3.05, 3.63) is 0 Å². The van der Waals surface area contributed by atoms with Crippen molar-refractivity contribution in [2.45, 2.75) is 51.4 Å². The maximum Gasteiger partial charge on any atom is 0.327 e. The SMILES string of the molecule is CC(C)CC(N)C(=O)NC(C)C(=O)NC(CS)C(=O)NC(CS)C(=O)O. The Morgan fingerprint density at radius 3 is 1.81 bits per heavy atom. The molecule has 0 bridgehead atoms. The van der Waals surface area contributed by atoms with Gasteiger partial charge < -0.3 is 26.8 Å². The third kappa shape index (κ3) is 8.77. The molecule has 0 heterocycles. The van der Waals surface area contributed by atoms with E-state index in [2.05, 4.69) is 41.2 Å². The molecular formula is C15H28N4O5S2. The standard InChI is InChI=1S/C15H28N4O5S2/c1-7(2)4-9(16)13(21)17-8(3)12(20)18-10(5-25)14(22)19-11(6-26)15(23)24/h7-11,25-26H,4-6,16H2,1-3H3,(H,17,21)(H,18,20)(H,19,22)(H,23,24). The summed E-state index contributed by atoms with van der Waals surface area (Å²) in [5, 5.41) is 16.1. The van der Waals surface area contributed by atoms with Crippen molar-refractivity contribution in [2.75, 3.05) is 11.5 Å². The zero-order valence-corrected chi connectivity index (χ0v) is 16.8. The highest BCUT2D eigenvalue weighted by atomic mass is 32.1. The molecule has 0 aromatic heterocycles. The zero-order chi connectivity index (χ0) is 20.4. The molecular weight excluding hydrogens is 380 g/mol. The number of carbonyl (C=O) groups is 4. The zero-order valence-electron chi connectivity index (χ0n) is 15.1. The van der Waals surface area contributed by atoms with Gasteiger partial charge in [-0.15, -0.1) is 0 Å². The summed E-state index contributed by atoms with van der Waals surface area (Å²) < 4.78 is 0. The number of hydrogen-bond acceptors (Lipinski definition) is 7. The van der Waals surface area contributed by atoms with Crippen molar-refractivity contribution < 1.29 is 24.3 Å². The quantitative estimate of drug-likeness (QED) is 0.213. The summed E-state index contributed by atoms with van der Waals surface area (Å²) in [4.78, 5) is 47.1. The largest absolute Gasteiger partial charge is 0.480 e. The van der Waals surface area contributed by atoms with Gasteiger partial charge in [-0.25, -0.2) is 4.79 Å². The van der Waals surface area contributed by atoms with Crippen LogP contribution in [0.3, 0.4) is 0 Å². The van der Waals surface area contributed by atoms with Gasteiger partial charge in [0.1, 0.15) is 18.1 Å². The molecule has 3 amide bonds. The molecule has 150 valence electrons. The van der Waals surface area contributed by atoms with Gasteiger partial charge in [0, 0.05) is 11.5 Å². The lowest BCUT2D eigenvalue weighted by atomic mass is 10.0. The van der Waals surface area contributed by atoms with Crippen molar-refractivity contribution in [1.82, 2.24) is 16.0 Å². The van der Waals surface area contributed by atoms with Crippen LogP contribution in [-0.2, 0) is 19.2 Å². The van der Waals surface area contributed by atoms with Crippen LogP contribution in [0.1, 0.15) is 27.2 Å². The minimum absolute atomic E-state index is 0.0516. The van der Waals surface area contributed by atoms with Gasteiger partial charge in [0.05, 0.1) is 6.04 Å². The van der Waals surface area contributed by atoms with Crippen LogP contribution in [0.5, 0.6) is 0 Å². The first kappa shape index (κ1) is 24.5. The first-order chi connectivity index (χ1) is 12.0. The Morgan fingerprint density at radius 1 is 0.885 bits per heavy atom. The Kier molecular flexibility index (Phi) is 11.3. The van der Waals surface area contributed by atoms with Gasteiger partial charge >= 0.3 is 5.97 Å². The molecule has 11 heteroatoms. The van der Waals surface area contributed by atoms with E-state index in [0.29, 0.717) is 6.42 Å². The molecule has 4 unspecified atom stereocenters. The van der Waals surface area contributed by atoms with Crippen molar-refractivity contribution in [1.29, 1.82) is 0 Å². The second-order valence-corrected chi connectivity index (χ2v) is 7.02. The first-order valence-corrected chi connectivity index (χ1v) is 9.41. The fraction of sp³-hybridized carbons (Fsp3) is 0.733. The van der Waals surface area contributed by atoms with Crippen molar-refractivity contribution >= 4 is 48.9 Å². The van der Waals surface area contributed by atoms with Gasteiger partial charge in [0.2, 0.25) is 17.7 Å². The van der Waals surface area contributed by atoms with Crippen LogP contribution in [0.15, 0.2) is 0 Å². The van der Waals surface area contributed by atoms with E-state index in [1.807, 2.05) is 13.8 Å². The Bertz CT molecular complexity index is 518. The third-order valence-corrected chi connectivity index (χ3v) is 4.16. The van der Waals surface area contributed by atoms with E-state index >= 15 is 0 Å². The number of amides is 3. The predicted octanol–water partition coefficient (Wildman–Crippen LogP) is -1.22. The maximum absolute atomic E-state index is 12.2. The topological polar surface area (TPSA) is 151 Å². The molecule has 0 aliphatic rings. The van der Waals surface area contributed by atoms with Crippen LogP contribution in [0, 0.1) is 5.92 Å². The lowest BCUT2D eigenvalue weighted by Crippen LogP contribution is -2.57. The number of carbonyl (C=O) groups excluding carboxylic acids is 3. The van der Waals surface area contributed by atoms with E-state index in [1.165, 1.54) is 6.92 Å². The molecule has 6 N–H and O–H groups in total. The number of carboxylic acid groups (broad SMARTS) is 1. The smallest absolute Gasteiger partial charge is 0.327 e. The van der Waals surface area contributed by atoms with E-state index in [1.54, 1.807) is 0 Å². The molecule has 0 aromatic carbocycles. The molecule has 0 saturated heterocycles. The number of carboxylic acids is 1. The van der Waals surface area contributed by atoms with Crippen LogP contribution in [0.2, 0.25) is 0 Å². The number of nitrogens with two attached hydrogens (primary N) is 1. The van der Waals surface area contributed by atoms with Gasteiger partial charge in [-0.3, -0.25) is 14.4 Å². The summed E-state index contributed by atoms with van der Waals surface area (Å²) in [5.74, 6) is -2.94. The summed E-state index contributed by atoms with van der Waals surface area (Å²) in [7, 11) is 0. The molecule has 0 fully saturated rings.